The molecule has 0 spiro atoms. The van der Waals surface area contributed by atoms with E-state index in [4.69, 9.17) is 5.26 Å². The highest BCUT2D eigenvalue weighted by Gasteiger charge is 2.33. The van der Waals surface area contributed by atoms with E-state index in [0.29, 0.717) is 35.2 Å². The Morgan fingerprint density at radius 2 is 2.00 bits per heavy atom. The third-order valence-corrected chi connectivity index (χ3v) is 6.23. The van der Waals surface area contributed by atoms with Crippen LogP contribution < -0.4 is 10.2 Å². The van der Waals surface area contributed by atoms with E-state index in [1.165, 1.54) is 36.3 Å². The number of hydrogen-bond donors (Lipinski definition) is 2. The normalized spacial score (nSPS) is 22.6. The van der Waals surface area contributed by atoms with E-state index < -0.39 is 0 Å². The highest BCUT2D eigenvalue weighted by molar-refractivity contribution is 5.66. The maximum absolute atomic E-state index is 10.5. The van der Waals surface area contributed by atoms with Crippen LogP contribution in [0.3, 0.4) is 0 Å². The highest BCUT2D eigenvalue weighted by atomic mass is 16.3. The molecule has 0 saturated carbocycles. The standard InChI is InChI=1S/C21H23N9O/c1-29(16-7-13-3-2-4-14(8-16)25-13)20-11-23-21(27-26-20)17-6-5-15(9-18(17)31)30-12-24-19(10-22)28-30/h5-6,9,11-14,16,25,31H,2-4,7-8H2,1H3/t13-,14+,16-. The van der Waals surface area contributed by atoms with E-state index in [-0.39, 0.29) is 11.6 Å². The van der Waals surface area contributed by atoms with Crippen molar-refractivity contribution in [3.8, 4) is 28.9 Å². The zero-order chi connectivity index (χ0) is 21.4. The van der Waals surface area contributed by atoms with Gasteiger partial charge in [-0.25, -0.2) is 14.6 Å². The summed E-state index contributed by atoms with van der Waals surface area (Å²) in [5.41, 5.74) is 1.05. The number of benzene rings is 1. The van der Waals surface area contributed by atoms with E-state index in [1.54, 1.807) is 18.3 Å². The number of fused-ring (bicyclic) bond motifs is 2. The molecule has 4 heterocycles. The summed E-state index contributed by atoms with van der Waals surface area (Å²) in [6, 6.07) is 8.46. The van der Waals surface area contributed by atoms with Crippen molar-refractivity contribution in [1.29, 1.82) is 5.26 Å². The number of anilines is 1. The second kappa shape index (κ2) is 7.92. The number of phenolic OH excluding ortho intramolecular Hbond substituents is 1. The van der Waals surface area contributed by atoms with Gasteiger partial charge in [0.2, 0.25) is 0 Å². The monoisotopic (exact) mass is 417 g/mol. The van der Waals surface area contributed by atoms with Gasteiger partial charge in [0.15, 0.2) is 11.6 Å². The number of hydrogen-bond acceptors (Lipinski definition) is 9. The zero-order valence-electron chi connectivity index (χ0n) is 17.2. The number of aromatic nitrogens is 6. The first-order valence-electron chi connectivity index (χ1n) is 10.4. The summed E-state index contributed by atoms with van der Waals surface area (Å²) in [5.74, 6) is 1.14. The molecule has 2 aromatic heterocycles. The Balaban J connectivity index is 1.33. The van der Waals surface area contributed by atoms with Gasteiger partial charge in [0.25, 0.3) is 5.82 Å². The molecule has 10 nitrogen and oxygen atoms in total. The molecule has 5 rings (SSSR count). The van der Waals surface area contributed by atoms with Crippen molar-refractivity contribution in [1.82, 2.24) is 35.3 Å². The van der Waals surface area contributed by atoms with Gasteiger partial charge in [-0.15, -0.1) is 15.3 Å². The third-order valence-electron chi connectivity index (χ3n) is 6.23. The summed E-state index contributed by atoms with van der Waals surface area (Å²) < 4.78 is 1.42. The van der Waals surface area contributed by atoms with Crippen LogP contribution in [0.15, 0.2) is 30.7 Å². The predicted molar refractivity (Wildman–Crippen MR) is 113 cm³/mol. The lowest BCUT2D eigenvalue weighted by atomic mass is 9.83. The minimum absolute atomic E-state index is 0.000548. The van der Waals surface area contributed by atoms with Crippen molar-refractivity contribution < 1.29 is 5.11 Å². The first-order chi connectivity index (χ1) is 15.1. The van der Waals surface area contributed by atoms with Crippen molar-refractivity contribution in [2.75, 3.05) is 11.9 Å². The number of aromatic hydroxyl groups is 1. The fraction of sp³-hybridized carbons (Fsp3) is 0.429. The minimum Gasteiger partial charge on any atom is -0.507 e. The number of nitrogens with one attached hydrogen (secondary N) is 1. The fourth-order valence-electron chi connectivity index (χ4n) is 4.58. The van der Waals surface area contributed by atoms with Gasteiger partial charge in [0.1, 0.15) is 18.1 Å². The van der Waals surface area contributed by atoms with Crippen molar-refractivity contribution in [3.63, 3.8) is 0 Å². The fourth-order valence-corrected chi connectivity index (χ4v) is 4.58. The Morgan fingerprint density at radius 3 is 2.65 bits per heavy atom. The van der Waals surface area contributed by atoms with Gasteiger partial charge in [-0.3, -0.25) is 0 Å². The van der Waals surface area contributed by atoms with Crippen LogP contribution in [-0.2, 0) is 0 Å². The van der Waals surface area contributed by atoms with Crippen molar-refractivity contribution in [2.24, 2.45) is 0 Å². The number of rotatable bonds is 4. The quantitative estimate of drug-likeness (QED) is 0.653. The molecule has 3 aromatic rings. The summed E-state index contributed by atoms with van der Waals surface area (Å²) in [4.78, 5) is 10.5. The molecule has 31 heavy (non-hydrogen) atoms. The van der Waals surface area contributed by atoms with Crippen LogP contribution in [0.25, 0.3) is 17.1 Å². The van der Waals surface area contributed by atoms with Crippen molar-refractivity contribution in [2.45, 2.75) is 50.2 Å². The van der Waals surface area contributed by atoms with Gasteiger partial charge in [-0.2, -0.15) is 5.26 Å². The molecule has 2 N–H and O–H groups in total. The van der Waals surface area contributed by atoms with Crippen LogP contribution in [0.5, 0.6) is 5.75 Å². The van der Waals surface area contributed by atoms with Crippen molar-refractivity contribution >= 4 is 5.82 Å². The topological polar surface area (TPSA) is 129 Å². The lowest BCUT2D eigenvalue weighted by Gasteiger charge is -2.43. The van der Waals surface area contributed by atoms with E-state index in [0.717, 1.165) is 18.7 Å². The van der Waals surface area contributed by atoms with Gasteiger partial charge in [0.05, 0.1) is 17.4 Å². The highest BCUT2D eigenvalue weighted by Crippen LogP contribution is 2.31. The van der Waals surface area contributed by atoms with Crippen LogP contribution in [0, 0.1) is 11.3 Å². The molecule has 2 aliphatic rings. The van der Waals surface area contributed by atoms with Gasteiger partial charge in [-0.1, -0.05) is 6.42 Å². The Bertz CT molecular complexity index is 1110. The number of nitriles is 1. The van der Waals surface area contributed by atoms with Crippen LogP contribution in [0.1, 0.15) is 37.9 Å². The molecule has 10 heteroatoms. The lowest BCUT2D eigenvalue weighted by molar-refractivity contribution is 0.219. The second-order valence-corrected chi connectivity index (χ2v) is 8.19. The molecule has 0 unspecified atom stereocenters. The van der Waals surface area contributed by atoms with E-state index >= 15 is 0 Å². The SMILES string of the molecule is CN(c1cnc(-c2ccc(-n3cnc(C#N)n3)cc2O)nn1)[C@@H]1C[C@H]2CCC[C@@H](C1)N2. The number of nitrogens with zero attached hydrogens (tertiary/aromatic N) is 8. The first-order valence-corrected chi connectivity index (χ1v) is 10.4. The molecule has 2 aliphatic heterocycles. The number of phenols is 1. The molecular weight excluding hydrogens is 394 g/mol. The molecule has 0 aliphatic carbocycles. The Morgan fingerprint density at radius 1 is 1.19 bits per heavy atom. The summed E-state index contributed by atoms with van der Waals surface area (Å²) in [5, 5.41) is 35.7. The predicted octanol–water partition coefficient (Wildman–Crippen LogP) is 1.81. The van der Waals surface area contributed by atoms with Gasteiger partial charge < -0.3 is 15.3 Å². The molecule has 3 atom stereocenters. The second-order valence-electron chi connectivity index (χ2n) is 8.19. The average molecular weight is 417 g/mol. The Kier molecular flexibility index (Phi) is 4.95. The largest absolute Gasteiger partial charge is 0.507 e. The molecule has 2 bridgehead atoms. The average Bonchev–Trinajstić information content (AvgIpc) is 3.28. The summed E-state index contributed by atoms with van der Waals surface area (Å²) in [7, 11) is 2.05. The van der Waals surface area contributed by atoms with Crippen LogP contribution in [0.4, 0.5) is 5.82 Å². The smallest absolute Gasteiger partial charge is 0.252 e. The molecule has 1 aromatic carbocycles. The van der Waals surface area contributed by atoms with Crippen LogP contribution >= 0.6 is 0 Å². The van der Waals surface area contributed by atoms with E-state index in [1.807, 2.05) is 6.07 Å². The Hall–Kier alpha value is -3.58. The van der Waals surface area contributed by atoms with Crippen molar-refractivity contribution in [3.05, 3.63) is 36.5 Å². The molecule has 0 radical (unpaired) electrons. The van der Waals surface area contributed by atoms with Gasteiger partial charge in [-0.05, 0) is 37.8 Å². The first kappa shape index (κ1) is 19.4. The minimum atomic E-state index is 0.000548. The van der Waals surface area contributed by atoms with Crippen LogP contribution in [0.2, 0.25) is 0 Å². The summed E-state index contributed by atoms with van der Waals surface area (Å²) in [6.45, 7) is 0. The van der Waals surface area contributed by atoms with Crippen LogP contribution in [-0.4, -0.2) is 60.2 Å². The summed E-state index contributed by atoms with van der Waals surface area (Å²) in [6.07, 6.45) is 9.14. The van der Waals surface area contributed by atoms with E-state index in [9.17, 15) is 5.11 Å². The lowest BCUT2D eigenvalue weighted by Crippen LogP contribution is -2.54. The van der Waals surface area contributed by atoms with E-state index in [2.05, 4.69) is 42.5 Å². The van der Waals surface area contributed by atoms with Gasteiger partial charge >= 0.3 is 0 Å². The van der Waals surface area contributed by atoms with Gasteiger partial charge in [0, 0.05) is 31.2 Å². The zero-order valence-corrected chi connectivity index (χ0v) is 17.2. The number of piperidine rings is 2. The maximum Gasteiger partial charge on any atom is 0.252 e. The maximum atomic E-state index is 10.5. The molecule has 2 saturated heterocycles. The molecule has 0 amide bonds. The molecule has 2 fully saturated rings. The Labute approximate surface area is 179 Å². The molecular formula is C21H23N9O. The third kappa shape index (κ3) is 3.80. The summed E-state index contributed by atoms with van der Waals surface area (Å²) >= 11 is 0. The molecule has 158 valence electrons.